The van der Waals surface area contributed by atoms with Crippen molar-refractivity contribution in [1.82, 2.24) is 14.8 Å². The largest absolute Gasteiger partial charge is 0.366 e. The molecule has 2 aromatic rings. The molecular weight excluding hydrogens is 250 g/mol. The van der Waals surface area contributed by atoms with Crippen LogP contribution in [0.15, 0.2) is 36.0 Å². The summed E-state index contributed by atoms with van der Waals surface area (Å²) in [5.41, 5.74) is 7.75. The van der Waals surface area contributed by atoms with Crippen LogP contribution in [0, 0.1) is 0 Å². The van der Waals surface area contributed by atoms with E-state index in [4.69, 9.17) is 17.3 Å². The molecule has 1 unspecified atom stereocenters. The van der Waals surface area contributed by atoms with Crippen LogP contribution in [0.25, 0.3) is 0 Å². The number of aromatic nitrogens is 3. The van der Waals surface area contributed by atoms with Gasteiger partial charge in [-0.05, 0) is 30.7 Å². The van der Waals surface area contributed by atoms with Crippen molar-refractivity contribution in [2.24, 2.45) is 0 Å². The first kappa shape index (κ1) is 11.1. The summed E-state index contributed by atoms with van der Waals surface area (Å²) in [4.78, 5) is 4.15. The highest BCUT2D eigenvalue weighted by Gasteiger charge is 2.22. The molecule has 0 radical (unpaired) electrons. The quantitative estimate of drug-likeness (QED) is 0.827. The molecule has 0 aliphatic carbocycles. The second-order valence-electron chi connectivity index (χ2n) is 4.21. The van der Waals surface area contributed by atoms with Crippen molar-refractivity contribution in [2.75, 3.05) is 11.1 Å². The van der Waals surface area contributed by atoms with E-state index in [0.29, 0.717) is 11.0 Å². The number of hydrogen-bond acceptors (Lipinski definition) is 4. The zero-order valence-electron chi connectivity index (χ0n) is 9.76. The monoisotopic (exact) mass is 261 g/mol. The molecule has 92 valence electrons. The van der Waals surface area contributed by atoms with Gasteiger partial charge < -0.3 is 11.1 Å². The van der Waals surface area contributed by atoms with Gasteiger partial charge in [0, 0.05) is 10.7 Å². The van der Waals surface area contributed by atoms with E-state index in [1.165, 1.54) is 0 Å². The normalized spacial score (nSPS) is 17.9. The van der Waals surface area contributed by atoms with Crippen molar-refractivity contribution >= 4 is 23.5 Å². The van der Waals surface area contributed by atoms with Crippen molar-refractivity contribution in [3.8, 4) is 0 Å². The van der Waals surface area contributed by atoms with Crippen molar-refractivity contribution in [2.45, 2.75) is 13.0 Å². The lowest BCUT2D eigenvalue weighted by Crippen LogP contribution is -2.19. The Morgan fingerprint density at radius 2 is 2.06 bits per heavy atom. The molecule has 0 fully saturated rings. The summed E-state index contributed by atoms with van der Waals surface area (Å²) < 4.78 is 1.77. The summed E-state index contributed by atoms with van der Waals surface area (Å²) in [6, 6.07) is 7.67. The van der Waals surface area contributed by atoms with Crippen molar-refractivity contribution in [3.63, 3.8) is 0 Å². The Morgan fingerprint density at radius 1 is 1.33 bits per heavy atom. The fourth-order valence-corrected chi connectivity index (χ4v) is 2.17. The second kappa shape index (κ2) is 4.03. The third kappa shape index (κ3) is 1.82. The summed E-state index contributed by atoms with van der Waals surface area (Å²) in [6.45, 7) is 1.98. The summed E-state index contributed by atoms with van der Waals surface area (Å²) in [5, 5.41) is 8.06. The van der Waals surface area contributed by atoms with E-state index in [1.807, 2.05) is 31.2 Å². The van der Waals surface area contributed by atoms with E-state index in [1.54, 1.807) is 4.68 Å². The Balaban J connectivity index is 2.09. The molecule has 0 bridgehead atoms. The Morgan fingerprint density at radius 3 is 2.78 bits per heavy atom. The van der Waals surface area contributed by atoms with Crippen LogP contribution < -0.4 is 11.1 Å². The van der Waals surface area contributed by atoms with Gasteiger partial charge >= 0.3 is 0 Å². The van der Waals surface area contributed by atoms with Gasteiger partial charge in [-0.3, -0.25) is 0 Å². The van der Waals surface area contributed by atoms with Crippen molar-refractivity contribution < 1.29 is 0 Å². The summed E-state index contributed by atoms with van der Waals surface area (Å²) in [6.07, 6.45) is 2.07. The minimum atomic E-state index is -0.0108. The predicted octanol–water partition coefficient (Wildman–Crippen LogP) is 2.43. The molecule has 0 amide bonds. The van der Waals surface area contributed by atoms with Gasteiger partial charge in [-0.15, -0.1) is 5.10 Å². The molecule has 2 heterocycles. The maximum absolute atomic E-state index is 5.90. The lowest BCUT2D eigenvalue weighted by atomic mass is 10.1. The van der Waals surface area contributed by atoms with E-state index < -0.39 is 0 Å². The number of rotatable bonds is 1. The average Bonchev–Trinajstić information content (AvgIpc) is 2.69. The van der Waals surface area contributed by atoms with Gasteiger partial charge in [-0.1, -0.05) is 23.7 Å². The van der Waals surface area contributed by atoms with Crippen LogP contribution >= 0.6 is 11.6 Å². The number of nitrogens with zero attached hydrogens (tertiary/aromatic N) is 3. The molecule has 3 N–H and O–H groups in total. The first-order valence-electron chi connectivity index (χ1n) is 5.56. The number of benzene rings is 1. The molecule has 18 heavy (non-hydrogen) atoms. The molecule has 1 atom stereocenters. The topological polar surface area (TPSA) is 68.8 Å². The standard InChI is InChI=1S/C12H12ClN5/c1-7-6-10(8-2-4-9(13)5-3-8)18-12(15-7)16-11(14)17-18/h2-6,10H,1H3,(H3,14,15,16,17). The number of anilines is 2. The van der Waals surface area contributed by atoms with Gasteiger partial charge in [-0.2, -0.15) is 4.98 Å². The minimum Gasteiger partial charge on any atom is -0.366 e. The number of fused-ring (bicyclic) bond motifs is 1. The average molecular weight is 262 g/mol. The van der Waals surface area contributed by atoms with Gasteiger partial charge in [0.25, 0.3) is 0 Å². The number of nitrogen functional groups attached to an aromatic ring is 1. The van der Waals surface area contributed by atoms with Gasteiger partial charge in [0.1, 0.15) is 6.04 Å². The van der Waals surface area contributed by atoms with Crippen LogP contribution in [0.4, 0.5) is 11.9 Å². The third-order valence-electron chi connectivity index (χ3n) is 2.84. The first-order chi connectivity index (χ1) is 8.63. The smallest absolute Gasteiger partial charge is 0.241 e. The van der Waals surface area contributed by atoms with Gasteiger partial charge in [0.15, 0.2) is 0 Å². The molecule has 0 saturated heterocycles. The number of nitrogens with two attached hydrogens (primary N) is 1. The summed E-state index contributed by atoms with van der Waals surface area (Å²) in [7, 11) is 0. The number of hydrogen-bond donors (Lipinski definition) is 2. The van der Waals surface area contributed by atoms with Crippen LogP contribution in [0.3, 0.4) is 0 Å². The van der Waals surface area contributed by atoms with Crippen LogP contribution in [0.2, 0.25) is 5.02 Å². The fourth-order valence-electron chi connectivity index (χ4n) is 2.04. The molecule has 1 aliphatic heterocycles. The Hall–Kier alpha value is -2.01. The molecule has 5 nitrogen and oxygen atoms in total. The lowest BCUT2D eigenvalue weighted by Gasteiger charge is -2.22. The molecule has 0 saturated carbocycles. The minimum absolute atomic E-state index is 0.0108. The van der Waals surface area contributed by atoms with E-state index in [2.05, 4.69) is 21.5 Å². The molecule has 1 aromatic carbocycles. The molecule has 1 aromatic heterocycles. The summed E-state index contributed by atoms with van der Waals surface area (Å²) in [5.74, 6) is 0.923. The molecular formula is C12H12ClN5. The van der Waals surface area contributed by atoms with E-state index in [9.17, 15) is 0 Å². The van der Waals surface area contributed by atoms with E-state index in [-0.39, 0.29) is 12.0 Å². The van der Waals surface area contributed by atoms with Crippen LogP contribution in [0.1, 0.15) is 18.5 Å². The van der Waals surface area contributed by atoms with E-state index >= 15 is 0 Å². The highest BCUT2D eigenvalue weighted by Crippen LogP contribution is 2.29. The van der Waals surface area contributed by atoms with Gasteiger partial charge in [0.2, 0.25) is 11.9 Å². The highest BCUT2D eigenvalue weighted by atomic mass is 35.5. The zero-order valence-corrected chi connectivity index (χ0v) is 10.5. The number of nitrogens with one attached hydrogen (secondary N) is 1. The van der Waals surface area contributed by atoms with Crippen molar-refractivity contribution in [3.05, 3.63) is 46.6 Å². The maximum atomic E-state index is 5.90. The Bertz CT molecular complexity index is 614. The first-order valence-corrected chi connectivity index (χ1v) is 5.94. The second-order valence-corrected chi connectivity index (χ2v) is 4.65. The number of halogens is 1. The van der Waals surface area contributed by atoms with Crippen LogP contribution in [-0.2, 0) is 0 Å². The maximum Gasteiger partial charge on any atom is 0.241 e. The fraction of sp³-hybridized carbons (Fsp3) is 0.167. The highest BCUT2D eigenvalue weighted by molar-refractivity contribution is 6.30. The number of allylic oxidation sites excluding steroid dienone is 2. The van der Waals surface area contributed by atoms with E-state index in [0.717, 1.165) is 11.3 Å². The summed E-state index contributed by atoms with van der Waals surface area (Å²) >= 11 is 5.90. The van der Waals surface area contributed by atoms with Crippen LogP contribution in [-0.4, -0.2) is 14.8 Å². The Labute approximate surface area is 109 Å². The zero-order chi connectivity index (χ0) is 12.7. The molecule has 3 rings (SSSR count). The molecule has 6 heteroatoms. The van der Waals surface area contributed by atoms with Crippen molar-refractivity contribution in [1.29, 1.82) is 0 Å². The SMILES string of the molecule is CC1=CC(c2ccc(Cl)cc2)n2nc(N)nc2N1. The van der Waals surface area contributed by atoms with Gasteiger partial charge in [-0.25, -0.2) is 4.68 Å². The van der Waals surface area contributed by atoms with Crippen LogP contribution in [0.5, 0.6) is 0 Å². The lowest BCUT2D eigenvalue weighted by molar-refractivity contribution is 0.605. The van der Waals surface area contributed by atoms with Gasteiger partial charge in [0.05, 0.1) is 0 Å². The molecule has 0 spiro atoms. The predicted molar refractivity (Wildman–Crippen MR) is 71.4 cm³/mol. The molecule has 1 aliphatic rings. The Kier molecular flexibility index (Phi) is 2.48. The third-order valence-corrected chi connectivity index (χ3v) is 3.09.